The summed E-state index contributed by atoms with van der Waals surface area (Å²) in [5, 5.41) is 2.82. The predicted molar refractivity (Wildman–Crippen MR) is 125 cm³/mol. The maximum atomic E-state index is 13.4. The molecule has 170 valence electrons. The quantitative estimate of drug-likeness (QED) is 0.573. The molecule has 1 aliphatic carbocycles. The van der Waals surface area contributed by atoms with Crippen LogP contribution in [0.1, 0.15) is 46.8 Å². The van der Waals surface area contributed by atoms with E-state index in [-0.39, 0.29) is 17.6 Å². The van der Waals surface area contributed by atoms with E-state index in [9.17, 15) is 14.0 Å². The molecule has 7 heteroatoms. The minimum Gasteiger partial charge on any atom is -0.343 e. The van der Waals surface area contributed by atoms with Crippen LogP contribution in [0.25, 0.3) is 0 Å². The Morgan fingerprint density at radius 2 is 1.70 bits per heavy atom. The highest BCUT2D eigenvalue weighted by atomic mass is 19.1. The second-order valence-corrected chi connectivity index (χ2v) is 8.55. The van der Waals surface area contributed by atoms with Gasteiger partial charge >= 0.3 is 0 Å². The van der Waals surface area contributed by atoms with Crippen LogP contribution in [-0.4, -0.2) is 35.3 Å². The van der Waals surface area contributed by atoms with Crippen LogP contribution in [-0.2, 0) is 10.2 Å². The summed E-state index contributed by atoms with van der Waals surface area (Å²) in [6.45, 7) is 0.338. The van der Waals surface area contributed by atoms with Gasteiger partial charge in [-0.15, -0.1) is 0 Å². The molecule has 0 aliphatic heterocycles. The minimum atomic E-state index is -0.600. The van der Waals surface area contributed by atoms with Crippen LogP contribution in [0.2, 0.25) is 0 Å². The lowest BCUT2D eigenvalue weighted by Gasteiger charge is -2.43. The molecule has 3 aromatic rings. The van der Waals surface area contributed by atoms with E-state index in [0.717, 1.165) is 30.4 Å². The number of hydrogen-bond acceptors (Lipinski definition) is 4. The molecular formula is C26H27FN4O2. The van der Waals surface area contributed by atoms with E-state index in [1.54, 1.807) is 60.7 Å². The molecule has 1 heterocycles. The zero-order valence-corrected chi connectivity index (χ0v) is 18.5. The fourth-order valence-electron chi connectivity index (χ4n) is 4.29. The molecule has 1 aromatic heterocycles. The molecule has 1 unspecified atom stereocenters. The van der Waals surface area contributed by atoms with Crippen LogP contribution in [0.5, 0.6) is 0 Å². The van der Waals surface area contributed by atoms with Crippen LogP contribution in [0, 0.1) is 5.82 Å². The summed E-state index contributed by atoms with van der Waals surface area (Å²) in [7, 11) is 1.75. The molecule has 3 N–H and O–H groups in total. The monoisotopic (exact) mass is 446 g/mol. The first-order chi connectivity index (χ1) is 15.9. The normalized spacial score (nSPS) is 15.2. The van der Waals surface area contributed by atoms with Gasteiger partial charge < -0.3 is 16.0 Å². The third-order valence-corrected chi connectivity index (χ3v) is 6.37. The van der Waals surface area contributed by atoms with Gasteiger partial charge in [0.1, 0.15) is 5.82 Å². The average molecular weight is 447 g/mol. The number of anilines is 1. The fourth-order valence-corrected chi connectivity index (χ4v) is 4.29. The summed E-state index contributed by atoms with van der Waals surface area (Å²) in [4.78, 5) is 31.4. The first kappa shape index (κ1) is 22.6. The van der Waals surface area contributed by atoms with E-state index in [0.29, 0.717) is 17.8 Å². The number of carbonyl (C=O) groups is 2. The van der Waals surface area contributed by atoms with Gasteiger partial charge in [0.2, 0.25) is 5.91 Å². The number of nitrogens with two attached hydrogens (primary N) is 1. The van der Waals surface area contributed by atoms with Crippen molar-refractivity contribution >= 4 is 17.5 Å². The zero-order chi connectivity index (χ0) is 23.4. The highest BCUT2D eigenvalue weighted by Gasteiger charge is 2.47. The number of carbonyl (C=O) groups excluding carboxylic acids is 2. The Bertz CT molecular complexity index is 1110. The number of benzene rings is 2. The Hall–Kier alpha value is -3.58. The van der Waals surface area contributed by atoms with Crippen LogP contribution in [0.4, 0.5) is 10.1 Å². The standard InChI is InChI=1S/C26H27FN4O2/c1-31(25(33)26(13-2-14-26)20-7-9-21(27)10-8-20)17-23(28)18-3-5-19(6-4-18)24(32)30-22-11-15-29-16-12-22/h3-12,15-16,23H,2,13-14,17,28H2,1H3,(H,29,30,32). The molecule has 0 spiro atoms. The second-order valence-electron chi connectivity index (χ2n) is 8.55. The molecule has 6 nitrogen and oxygen atoms in total. The zero-order valence-electron chi connectivity index (χ0n) is 18.5. The highest BCUT2D eigenvalue weighted by Crippen LogP contribution is 2.45. The van der Waals surface area contributed by atoms with Gasteiger partial charge in [-0.05, 0) is 60.4 Å². The summed E-state index contributed by atoms with van der Waals surface area (Å²) in [6.07, 6.45) is 5.68. The summed E-state index contributed by atoms with van der Waals surface area (Å²) >= 11 is 0. The van der Waals surface area contributed by atoms with Gasteiger partial charge in [0.15, 0.2) is 0 Å². The SMILES string of the molecule is CN(CC(N)c1ccc(C(=O)Nc2ccncc2)cc1)C(=O)C1(c2ccc(F)cc2)CCC1. The molecule has 1 fully saturated rings. The van der Waals surface area contributed by atoms with Gasteiger partial charge in [0, 0.05) is 43.3 Å². The molecule has 1 aliphatic rings. The molecular weight excluding hydrogens is 419 g/mol. The van der Waals surface area contributed by atoms with Crippen molar-refractivity contribution in [3.8, 4) is 0 Å². The van der Waals surface area contributed by atoms with Crippen molar-refractivity contribution < 1.29 is 14.0 Å². The second kappa shape index (κ2) is 9.50. The first-order valence-corrected chi connectivity index (χ1v) is 11.0. The topological polar surface area (TPSA) is 88.3 Å². The van der Waals surface area contributed by atoms with Crippen LogP contribution in [0.15, 0.2) is 73.1 Å². The van der Waals surface area contributed by atoms with Crippen LogP contribution < -0.4 is 11.1 Å². The molecule has 0 bridgehead atoms. The van der Waals surface area contributed by atoms with Gasteiger partial charge in [-0.3, -0.25) is 14.6 Å². The summed E-state index contributed by atoms with van der Waals surface area (Å²) < 4.78 is 13.4. The van der Waals surface area contributed by atoms with Gasteiger partial charge in [0.05, 0.1) is 5.41 Å². The van der Waals surface area contributed by atoms with Crippen LogP contribution >= 0.6 is 0 Å². The van der Waals surface area contributed by atoms with Crippen molar-refractivity contribution in [2.24, 2.45) is 5.73 Å². The Kier molecular flexibility index (Phi) is 6.51. The highest BCUT2D eigenvalue weighted by molar-refractivity contribution is 6.04. The number of amides is 2. The number of nitrogens with one attached hydrogen (secondary N) is 1. The minimum absolute atomic E-state index is 0.00385. The van der Waals surface area contributed by atoms with E-state index in [1.165, 1.54) is 12.1 Å². The van der Waals surface area contributed by atoms with Crippen molar-refractivity contribution in [3.05, 3.63) is 95.6 Å². The lowest BCUT2D eigenvalue weighted by Crippen LogP contribution is -2.51. The van der Waals surface area contributed by atoms with Crippen molar-refractivity contribution in [2.75, 3.05) is 18.9 Å². The maximum absolute atomic E-state index is 13.4. The number of likely N-dealkylation sites (N-methyl/N-ethyl adjacent to an activating group) is 1. The smallest absolute Gasteiger partial charge is 0.255 e. The van der Waals surface area contributed by atoms with E-state index in [4.69, 9.17) is 5.73 Å². The van der Waals surface area contributed by atoms with Crippen molar-refractivity contribution in [3.63, 3.8) is 0 Å². The number of pyridine rings is 1. The van der Waals surface area contributed by atoms with Crippen molar-refractivity contribution in [1.82, 2.24) is 9.88 Å². The van der Waals surface area contributed by atoms with Crippen LogP contribution in [0.3, 0.4) is 0 Å². The summed E-state index contributed by atoms with van der Waals surface area (Å²) in [6, 6.07) is 16.3. The summed E-state index contributed by atoms with van der Waals surface area (Å²) in [5.41, 5.74) is 8.66. The third-order valence-electron chi connectivity index (χ3n) is 6.37. The number of halogens is 1. The number of aromatic nitrogens is 1. The Morgan fingerprint density at radius 1 is 1.06 bits per heavy atom. The van der Waals surface area contributed by atoms with E-state index < -0.39 is 11.5 Å². The Balaban J connectivity index is 1.40. The van der Waals surface area contributed by atoms with Gasteiger partial charge in [-0.2, -0.15) is 0 Å². The number of nitrogens with zero attached hydrogens (tertiary/aromatic N) is 2. The fraction of sp³-hybridized carbons (Fsp3) is 0.269. The van der Waals surface area contributed by atoms with Crippen molar-refractivity contribution in [2.45, 2.75) is 30.7 Å². The van der Waals surface area contributed by atoms with Crippen molar-refractivity contribution in [1.29, 1.82) is 0 Å². The number of rotatable bonds is 7. The Labute approximate surface area is 192 Å². The van der Waals surface area contributed by atoms with E-state index >= 15 is 0 Å². The van der Waals surface area contributed by atoms with Gasteiger partial charge in [0.25, 0.3) is 5.91 Å². The molecule has 33 heavy (non-hydrogen) atoms. The maximum Gasteiger partial charge on any atom is 0.255 e. The summed E-state index contributed by atoms with van der Waals surface area (Å²) in [5.74, 6) is -0.530. The van der Waals surface area contributed by atoms with Gasteiger partial charge in [-0.1, -0.05) is 30.7 Å². The molecule has 2 aromatic carbocycles. The lowest BCUT2D eigenvalue weighted by atomic mass is 9.63. The molecule has 2 amide bonds. The average Bonchev–Trinajstić information content (AvgIpc) is 2.80. The van der Waals surface area contributed by atoms with E-state index in [2.05, 4.69) is 10.3 Å². The Morgan fingerprint density at radius 3 is 2.27 bits per heavy atom. The molecule has 0 radical (unpaired) electrons. The third kappa shape index (κ3) is 4.78. The molecule has 1 saturated carbocycles. The van der Waals surface area contributed by atoms with E-state index in [1.807, 2.05) is 12.1 Å². The molecule has 1 atom stereocenters. The largest absolute Gasteiger partial charge is 0.343 e. The lowest BCUT2D eigenvalue weighted by molar-refractivity contribution is -0.139. The van der Waals surface area contributed by atoms with Gasteiger partial charge in [-0.25, -0.2) is 4.39 Å². The number of hydrogen-bond donors (Lipinski definition) is 2. The predicted octanol–water partition coefficient (Wildman–Crippen LogP) is 4.05. The molecule has 0 saturated heterocycles. The molecule has 4 rings (SSSR count). The first-order valence-electron chi connectivity index (χ1n) is 11.0.